The van der Waals surface area contributed by atoms with Crippen LogP contribution in [0.3, 0.4) is 0 Å². The molecule has 0 aromatic heterocycles. The van der Waals surface area contributed by atoms with E-state index in [-0.39, 0.29) is 30.3 Å². The molecule has 4 rings (SSSR count). The molecule has 1 aromatic carbocycles. The molecule has 3 aliphatic rings. The molecular weight excluding hydrogens is 372 g/mol. The van der Waals surface area contributed by atoms with E-state index in [1.54, 1.807) is 24.3 Å². The van der Waals surface area contributed by atoms with Crippen molar-refractivity contribution in [3.05, 3.63) is 29.8 Å². The molecule has 1 aliphatic heterocycles. The Morgan fingerprint density at radius 1 is 1.21 bits per heavy atom. The lowest BCUT2D eigenvalue weighted by Gasteiger charge is -2.36. The van der Waals surface area contributed by atoms with Crippen LogP contribution in [0.25, 0.3) is 0 Å². The smallest absolute Gasteiger partial charge is 0.325 e. The molecule has 0 radical (unpaired) electrons. The van der Waals surface area contributed by atoms with Gasteiger partial charge in [-0.05, 0) is 49.8 Å². The second-order valence-corrected chi connectivity index (χ2v) is 8.32. The Labute approximate surface area is 169 Å². The minimum Gasteiger partial charge on any atom is -0.349 e. The highest BCUT2D eigenvalue weighted by Gasteiger charge is 2.55. The Morgan fingerprint density at radius 2 is 2.00 bits per heavy atom. The summed E-state index contributed by atoms with van der Waals surface area (Å²) in [6, 6.07) is 6.35. The lowest BCUT2D eigenvalue weighted by molar-refractivity contribution is -0.136. The number of carbonyl (C=O) groups is 4. The summed E-state index contributed by atoms with van der Waals surface area (Å²) in [6.45, 7) is 1.62. The topological polar surface area (TPSA) is 108 Å². The van der Waals surface area contributed by atoms with E-state index in [9.17, 15) is 19.2 Å². The fraction of sp³-hybridized carbons (Fsp3) is 0.524. The molecule has 29 heavy (non-hydrogen) atoms. The van der Waals surface area contributed by atoms with E-state index in [4.69, 9.17) is 0 Å². The van der Waals surface area contributed by atoms with Gasteiger partial charge in [0.15, 0.2) is 0 Å². The number of anilines is 1. The first-order valence-corrected chi connectivity index (χ1v) is 10.2. The van der Waals surface area contributed by atoms with E-state index >= 15 is 0 Å². The predicted octanol–water partition coefficient (Wildman–Crippen LogP) is 2.02. The molecule has 0 unspecified atom stereocenters. The molecule has 8 heteroatoms. The van der Waals surface area contributed by atoms with Crippen LogP contribution in [0, 0.1) is 5.92 Å². The van der Waals surface area contributed by atoms with Crippen molar-refractivity contribution >= 4 is 29.4 Å². The van der Waals surface area contributed by atoms with Crippen LogP contribution < -0.4 is 16.0 Å². The van der Waals surface area contributed by atoms with Gasteiger partial charge in [0, 0.05) is 17.3 Å². The van der Waals surface area contributed by atoms with E-state index < -0.39 is 17.5 Å². The van der Waals surface area contributed by atoms with Crippen LogP contribution in [-0.2, 0) is 9.59 Å². The van der Waals surface area contributed by atoms with E-state index in [0.717, 1.165) is 37.0 Å². The number of nitrogens with one attached hydrogen (secondary N) is 3. The first-order valence-electron chi connectivity index (χ1n) is 10.2. The SMILES string of the molecule is C[C@@H]1CCCC[C@@]12NC(=O)N(CC(=O)Nc1cccc(C(=O)NC3CC3)c1)C2=O. The second-order valence-electron chi connectivity index (χ2n) is 8.32. The van der Waals surface area contributed by atoms with Gasteiger partial charge in [0.1, 0.15) is 12.1 Å². The van der Waals surface area contributed by atoms with Crippen LogP contribution in [0.1, 0.15) is 55.8 Å². The number of nitrogens with zero attached hydrogens (tertiary/aromatic N) is 1. The normalized spacial score (nSPS) is 26.4. The van der Waals surface area contributed by atoms with Crippen molar-refractivity contribution in [3.8, 4) is 0 Å². The van der Waals surface area contributed by atoms with Gasteiger partial charge in [-0.2, -0.15) is 0 Å². The Balaban J connectivity index is 1.40. The molecule has 2 atom stereocenters. The van der Waals surface area contributed by atoms with E-state index in [1.165, 1.54) is 0 Å². The average Bonchev–Trinajstić information content (AvgIpc) is 3.47. The molecule has 5 amide bonds. The van der Waals surface area contributed by atoms with E-state index in [0.29, 0.717) is 17.7 Å². The lowest BCUT2D eigenvalue weighted by atomic mass is 9.73. The zero-order chi connectivity index (χ0) is 20.6. The van der Waals surface area contributed by atoms with Crippen LogP contribution in [0.5, 0.6) is 0 Å². The van der Waals surface area contributed by atoms with Crippen LogP contribution in [0.15, 0.2) is 24.3 Å². The van der Waals surface area contributed by atoms with Crippen molar-refractivity contribution < 1.29 is 19.2 Å². The molecule has 8 nitrogen and oxygen atoms in total. The number of benzene rings is 1. The quantitative estimate of drug-likeness (QED) is 0.660. The maximum absolute atomic E-state index is 13.0. The predicted molar refractivity (Wildman–Crippen MR) is 106 cm³/mol. The zero-order valence-electron chi connectivity index (χ0n) is 16.5. The highest BCUT2D eigenvalue weighted by molar-refractivity contribution is 6.10. The number of hydrogen-bond acceptors (Lipinski definition) is 4. The standard InChI is InChI=1S/C21H26N4O4/c1-13-5-2-3-10-21(13)19(28)25(20(29)24-21)12-17(26)22-16-7-4-6-14(11-16)18(27)23-15-8-9-15/h4,6-7,11,13,15H,2-3,5,8-10,12H2,1H3,(H,22,26)(H,23,27)(H,24,29)/t13-,21-/m1/s1. The van der Waals surface area contributed by atoms with Gasteiger partial charge >= 0.3 is 6.03 Å². The average molecular weight is 398 g/mol. The third kappa shape index (κ3) is 3.83. The summed E-state index contributed by atoms with van der Waals surface area (Å²) in [5.41, 5.74) is 0.0297. The van der Waals surface area contributed by atoms with E-state index in [1.807, 2.05) is 6.92 Å². The molecule has 1 aromatic rings. The summed E-state index contributed by atoms with van der Waals surface area (Å²) in [7, 11) is 0. The van der Waals surface area contributed by atoms with Crippen LogP contribution in [0.2, 0.25) is 0 Å². The van der Waals surface area contributed by atoms with Gasteiger partial charge in [-0.1, -0.05) is 25.8 Å². The molecule has 3 N–H and O–H groups in total. The molecule has 1 heterocycles. The van der Waals surface area contributed by atoms with Gasteiger partial charge in [-0.15, -0.1) is 0 Å². The first-order chi connectivity index (χ1) is 13.9. The number of urea groups is 1. The number of carbonyl (C=O) groups excluding carboxylic acids is 4. The second kappa shape index (κ2) is 7.50. The molecule has 154 valence electrons. The van der Waals surface area contributed by atoms with Crippen LogP contribution in [-0.4, -0.2) is 46.8 Å². The largest absolute Gasteiger partial charge is 0.349 e. The van der Waals surface area contributed by atoms with Gasteiger partial charge in [0.2, 0.25) is 5.91 Å². The number of amides is 5. The van der Waals surface area contributed by atoms with Gasteiger partial charge in [-0.3, -0.25) is 19.3 Å². The highest BCUT2D eigenvalue weighted by atomic mass is 16.2. The van der Waals surface area contributed by atoms with Crippen molar-refractivity contribution in [1.82, 2.24) is 15.5 Å². The molecule has 2 saturated carbocycles. The van der Waals surface area contributed by atoms with Crippen molar-refractivity contribution in [2.75, 3.05) is 11.9 Å². The molecule has 0 bridgehead atoms. The fourth-order valence-corrected chi connectivity index (χ4v) is 4.22. The summed E-state index contributed by atoms with van der Waals surface area (Å²) < 4.78 is 0. The van der Waals surface area contributed by atoms with Crippen LogP contribution in [0.4, 0.5) is 10.5 Å². The van der Waals surface area contributed by atoms with Crippen molar-refractivity contribution in [2.45, 2.75) is 57.0 Å². The Bertz CT molecular complexity index is 866. The highest BCUT2D eigenvalue weighted by Crippen LogP contribution is 2.38. The minimum atomic E-state index is -0.879. The van der Waals surface area contributed by atoms with Crippen molar-refractivity contribution in [3.63, 3.8) is 0 Å². The maximum Gasteiger partial charge on any atom is 0.325 e. The van der Waals surface area contributed by atoms with Gasteiger partial charge < -0.3 is 16.0 Å². The Morgan fingerprint density at radius 3 is 2.72 bits per heavy atom. The van der Waals surface area contributed by atoms with Gasteiger partial charge in [0.25, 0.3) is 11.8 Å². The first kappa shape index (κ1) is 19.4. The third-order valence-electron chi connectivity index (χ3n) is 6.12. The molecule has 1 saturated heterocycles. The van der Waals surface area contributed by atoms with Crippen molar-refractivity contribution in [2.24, 2.45) is 5.92 Å². The lowest BCUT2D eigenvalue weighted by Crippen LogP contribution is -2.54. The summed E-state index contributed by atoms with van der Waals surface area (Å²) >= 11 is 0. The molecular formula is C21H26N4O4. The van der Waals surface area contributed by atoms with Gasteiger partial charge in [-0.25, -0.2) is 4.79 Å². The molecule has 2 aliphatic carbocycles. The molecule has 3 fully saturated rings. The third-order valence-corrected chi connectivity index (χ3v) is 6.12. The number of rotatable bonds is 5. The maximum atomic E-state index is 13.0. The fourth-order valence-electron chi connectivity index (χ4n) is 4.22. The van der Waals surface area contributed by atoms with Gasteiger partial charge in [0.05, 0.1) is 0 Å². The number of hydrogen-bond donors (Lipinski definition) is 3. The van der Waals surface area contributed by atoms with E-state index in [2.05, 4.69) is 16.0 Å². The molecule has 1 spiro atoms. The zero-order valence-corrected chi connectivity index (χ0v) is 16.5. The Hall–Kier alpha value is -2.90. The van der Waals surface area contributed by atoms with Crippen molar-refractivity contribution in [1.29, 1.82) is 0 Å². The summed E-state index contributed by atoms with van der Waals surface area (Å²) in [4.78, 5) is 51.0. The summed E-state index contributed by atoms with van der Waals surface area (Å²) in [6.07, 6.45) is 5.39. The summed E-state index contributed by atoms with van der Waals surface area (Å²) in [5, 5.41) is 8.43. The number of imide groups is 1. The Kier molecular flexibility index (Phi) is 5.02. The monoisotopic (exact) mass is 398 g/mol. The van der Waals surface area contributed by atoms with Crippen LogP contribution >= 0.6 is 0 Å². The minimum absolute atomic E-state index is 0.0439. The summed E-state index contributed by atoms with van der Waals surface area (Å²) in [5.74, 6) is -0.926.